The van der Waals surface area contributed by atoms with Gasteiger partial charge in [0, 0.05) is 9.79 Å². The molecule has 236 valence electrons. The van der Waals surface area contributed by atoms with Crippen molar-refractivity contribution in [2.75, 3.05) is 28.4 Å². The van der Waals surface area contributed by atoms with Crippen molar-refractivity contribution < 1.29 is 18.9 Å². The van der Waals surface area contributed by atoms with Gasteiger partial charge in [0.05, 0.1) is 50.2 Å². The van der Waals surface area contributed by atoms with Crippen molar-refractivity contribution in [1.82, 2.24) is 0 Å². The summed E-state index contributed by atoms with van der Waals surface area (Å²) in [7, 11) is 6.24. The first-order chi connectivity index (χ1) is 23.1. The van der Waals surface area contributed by atoms with Crippen LogP contribution in [0.2, 0.25) is 0 Å². The van der Waals surface area contributed by atoms with Gasteiger partial charge < -0.3 is 18.9 Å². The minimum atomic E-state index is -0.275. The maximum Gasteiger partial charge on any atom is 0.166 e. The maximum absolute atomic E-state index is 5.42. The summed E-state index contributed by atoms with van der Waals surface area (Å²) in [6, 6.07) is 51.4. The summed E-state index contributed by atoms with van der Waals surface area (Å²) < 4.78 is 21.7. The van der Waals surface area contributed by atoms with E-state index < -0.39 is 0 Å². The quantitative estimate of drug-likeness (QED) is 0.121. The average molecular weight is 677 g/mol. The molecule has 0 aliphatic carbocycles. The average Bonchev–Trinajstić information content (AvgIpc) is 3.14. The molecule has 0 aromatic heterocycles. The topological polar surface area (TPSA) is 36.9 Å². The molecule has 0 aliphatic rings. The minimum absolute atomic E-state index is 0.275. The predicted molar refractivity (Wildman–Crippen MR) is 193 cm³/mol. The minimum Gasteiger partial charge on any atom is -0.497 e. The van der Waals surface area contributed by atoms with Crippen LogP contribution in [0.4, 0.5) is 0 Å². The van der Waals surface area contributed by atoms with Gasteiger partial charge in [-0.1, -0.05) is 11.8 Å². The van der Waals surface area contributed by atoms with E-state index in [0.29, 0.717) is 0 Å². The van der Waals surface area contributed by atoms with Gasteiger partial charge in [0.2, 0.25) is 0 Å². The first-order valence-corrected chi connectivity index (χ1v) is 18.3. The van der Waals surface area contributed by atoms with Crippen LogP contribution in [0.25, 0.3) is 0 Å². The van der Waals surface area contributed by atoms with Crippen molar-refractivity contribution in [2.24, 2.45) is 0 Å². The smallest absolute Gasteiger partial charge is 0.166 e. The SMILES string of the molecule is COc1ccc([S+](c2ccc(OC)cc2)c2ccc(Sc3ccc([S+](c4ccc(OC)cc4)c4ccc(OC)cc4)cc3)cc2)cc1. The lowest BCUT2D eigenvalue weighted by Gasteiger charge is -2.11. The fourth-order valence-corrected chi connectivity index (χ4v) is 9.99. The molecule has 0 atom stereocenters. The Balaban J connectivity index is 1.24. The molecule has 0 bridgehead atoms. The lowest BCUT2D eigenvalue weighted by molar-refractivity contribution is 0.414. The molecule has 0 spiro atoms. The molecule has 4 nitrogen and oxygen atoms in total. The molecule has 47 heavy (non-hydrogen) atoms. The van der Waals surface area contributed by atoms with Gasteiger partial charge >= 0.3 is 0 Å². The highest BCUT2D eigenvalue weighted by atomic mass is 32.2. The summed E-state index contributed by atoms with van der Waals surface area (Å²) in [6.07, 6.45) is 0. The molecule has 0 saturated heterocycles. The van der Waals surface area contributed by atoms with Gasteiger partial charge in [-0.3, -0.25) is 0 Å². The lowest BCUT2D eigenvalue weighted by Crippen LogP contribution is -2.05. The van der Waals surface area contributed by atoms with Gasteiger partial charge in [-0.05, 0) is 146 Å². The zero-order valence-electron chi connectivity index (χ0n) is 26.7. The van der Waals surface area contributed by atoms with Crippen molar-refractivity contribution >= 4 is 33.6 Å². The van der Waals surface area contributed by atoms with Gasteiger partial charge in [0.15, 0.2) is 29.4 Å². The first-order valence-electron chi connectivity index (χ1n) is 15.0. The molecule has 0 fully saturated rings. The van der Waals surface area contributed by atoms with Crippen LogP contribution in [0.3, 0.4) is 0 Å². The van der Waals surface area contributed by atoms with E-state index in [-0.39, 0.29) is 21.8 Å². The fourth-order valence-electron chi connectivity index (χ4n) is 5.09. The molecule has 0 unspecified atom stereocenters. The lowest BCUT2D eigenvalue weighted by atomic mass is 10.3. The number of hydrogen-bond donors (Lipinski definition) is 0. The van der Waals surface area contributed by atoms with E-state index in [9.17, 15) is 0 Å². The van der Waals surface area contributed by atoms with E-state index in [1.165, 1.54) is 39.2 Å². The molecule has 6 rings (SSSR count). The van der Waals surface area contributed by atoms with Crippen LogP contribution in [-0.4, -0.2) is 28.4 Å². The Labute approximate surface area is 287 Å². The van der Waals surface area contributed by atoms with Crippen molar-refractivity contribution in [3.8, 4) is 23.0 Å². The summed E-state index contributed by atoms with van der Waals surface area (Å²) in [6.45, 7) is 0. The number of ether oxygens (including phenoxy) is 4. The third kappa shape index (κ3) is 7.76. The Morgan fingerprint density at radius 1 is 0.298 bits per heavy atom. The third-order valence-corrected chi connectivity index (χ3v) is 13.0. The van der Waals surface area contributed by atoms with E-state index in [2.05, 4.69) is 97.1 Å². The number of hydrogen-bond acceptors (Lipinski definition) is 5. The van der Waals surface area contributed by atoms with Crippen LogP contribution < -0.4 is 18.9 Å². The first kappa shape index (κ1) is 32.5. The van der Waals surface area contributed by atoms with Crippen molar-refractivity contribution in [3.05, 3.63) is 146 Å². The van der Waals surface area contributed by atoms with Crippen LogP contribution in [0.15, 0.2) is 185 Å². The monoisotopic (exact) mass is 676 g/mol. The second-order valence-corrected chi connectivity index (χ2v) is 15.6. The summed E-state index contributed by atoms with van der Waals surface area (Å²) in [5, 5.41) is 0. The summed E-state index contributed by atoms with van der Waals surface area (Å²) in [4.78, 5) is 9.82. The van der Waals surface area contributed by atoms with Crippen molar-refractivity contribution in [3.63, 3.8) is 0 Å². The molecule has 0 N–H and O–H groups in total. The largest absolute Gasteiger partial charge is 0.497 e. The standard InChI is InChI=1S/C40H36O4S3/c1-41-29-5-17-35(18-6-29)46(36-19-7-30(42-2)8-20-36)39-25-13-33(14-26-39)45-34-15-27-40(28-16-34)47(37-21-9-31(43-3)10-22-37)38-23-11-32(44-4)12-24-38/h5-28H,1-4H3/q+2. The Kier molecular flexibility index (Phi) is 10.7. The summed E-state index contributed by atoms with van der Waals surface area (Å²) >= 11 is 1.77. The van der Waals surface area contributed by atoms with E-state index in [1.807, 2.05) is 48.5 Å². The maximum atomic E-state index is 5.42. The molecular weight excluding hydrogens is 641 g/mol. The zero-order chi connectivity index (χ0) is 32.6. The van der Waals surface area contributed by atoms with E-state index in [4.69, 9.17) is 18.9 Å². The highest BCUT2D eigenvalue weighted by Crippen LogP contribution is 2.37. The molecule has 7 heteroatoms. The Bertz CT molecular complexity index is 1620. The highest BCUT2D eigenvalue weighted by Gasteiger charge is 2.30. The molecular formula is C40H36O4S3+2. The van der Waals surface area contributed by atoms with Gasteiger partial charge in [0.1, 0.15) is 23.0 Å². The van der Waals surface area contributed by atoms with Crippen LogP contribution in [0.5, 0.6) is 23.0 Å². The van der Waals surface area contributed by atoms with Crippen LogP contribution in [0.1, 0.15) is 0 Å². The number of methoxy groups -OCH3 is 4. The summed E-state index contributed by atoms with van der Waals surface area (Å²) in [5.41, 5.74) is 0. The number of benzene rings is 6. The van der Waals surface area contributed by atoms with Gasteiger partial charge in [-0.25, -0.2) is 0 Å². The van der Waals surface area contributed by atoms with Crippen LogP contribution in [0, 0.1) is 0 Å². The predicted octanol–water partition coefficient (Wildman–Crippen LogP) is 10.1. The van der Waals surface area contributed by atoms with E-state index >= 15 is 0 Å². The second kappa shape index (κ2) is 15.4. The van der Waals surface area contributed by atoms with E-state index in [0.717, 1.165) is 23.0 Å². The van der Waals surface area contributed by atoms with Gasteiger partial charge in [-0.2, -0.15) is 0 Å². The third-order valence-electron chi connectivity index (χ3n) is 7.54. The fraction of sp³-hybridized carbons (Fsp3) is 0.100. The van der Waals surface area contributed by atoms with Crippen molar-refractivity contribution in [2.45, 2.75) is 39.2 Å². The normalized spacial score (nSPS) is 11.0. The molecule has 6 aromatic carbocycles. The Morgan fingerprint density at radius 2 is 0.489 bits per heavy atom. The van der Waals surface area contributed by atoms with Crippen LogP contribution >= 0.6 is 11.8 Å². The van der Waals surface area contributed by atoms with E-state index in [1.54, 1.807) is 40.2 Å². The molecule has 0 aliphatic heterocycles. The summed E-state index contributed by atoms with van der Waals surface area (Å²) in [5.74, 6) is 3.41. The molecule has 0 radical (unpaired) electrons. The second-order valence-electron chi connectivity index (χ2n) is 10.4. The van der Waals surface area contributed by atoms with Gasteiger partial charge in [-0.15, -0.1) is 0 Å². The molecule has 0 amide bonds. The number of rotatable bonds is 12. The van der Waals surface area contributed by atoms with Crippen molar-refractivity contribution in [1.29, 1.82) is 0 Å². The highest BCUT2D eigenvalue weighted by molar-refractivity contribution is 7.99. The molecule has 0 saturated carbocycles. The molecule has 6 aromatic rings. The van der Waals surface area contributed by atoms with Crippen LogP contribution in [-0.2, 0) is 21.8 Å². The molecule has 0 heterocycles. The Morgan fingerprint density at radius 3 is 0.681 bits per heavy atom. The zero-order valence-corrected chi connectivity index (χ0v) is 29.2. The van der Waals surface area contributed by atoms with Gasteiger partial charge in [0.25, 0.3) is 0 Å². The Hall–Kier alpha value is -4.43.